The van der Waals surface area contributed by atoms with Crippen LogP contribution < -0.4 is 0 Å². The molecule has 0 N–H and O–H groups in total. The molecule has 1 aliphatic carbocycles. The molecule has 1 rings (SSSR count). The van der Waals surface area contributed by atoms with Gasteiger partial charge in [0.25, 0.3) is 0 Å². The molecule has 0 saturated carbocycles. The Bertz CT molecular complexity index is 402. The number of hydrogen-bond donors (Lipinski definition) is 0. The van der Waals surface area contributed by atoms with Crippen molar-refractivity contribution in [1.82, 2.24) is 0 Å². The fourth-order valence-electron chi connectivity index (χ4n) is 1.87. The molecule has 0 unspecified atom stereocenters. The van der Waals surface area contributed by atoms with Crippen molar-refractivity contribution in [3.8, 4) is 0 Å². The second-order valence-corrected chi connectivity index (χ2v) is 39.4. The van der Waals surface area contributed by atoms with E-state index in [1.54, 1.807) is 14.2 Å². The zero-order valence-corrected chi connectivity index (χ0v) is 12.8. The van der Waals surface area contributed by atoms with Crippen molar-refractivity contribution in [3.05, 3.63) is 22.1 Å². The van der Waals surface area contributed by atoms with E-state index in [0.29, 0.717) is 0 Å². The van der Waals surface area contributed by atoms with E-state index in [1.165, 1.54) is 3.88 Å². The van der Waals surface area contributed by atoms with E-state index in [1.807, 2.05) is 0 Å². The van der Waals surface area contributed by atoms with Gasteiger partial charge in [0.15, 0.2) is 0 Å². The summed E-state index contributed by atoms with van der Waals surface area (Å²) >= 11 is -4.86. The predicted octanol–water partition coefficient (Wildman–Crippen LogP) is 4.49. The third-order valence-corrected chi connectivity index (χ3v) is 19.0. The average Bonchev–Trinajstić information content (AvgIpc) is 2.58. The van der Waals surface area contributed by atoms with Crippen LogP contribution in [-0.4, -0.2) is 14.2 Å². The Hall–Kier alpha value is 0.114. The van der Waals surface area contributed by atoms with Crippen molar-refractivity contribution in [3.63, 3.8) is 0 Å². The normalized spacial score (nSPS) is 27.3. The molecule has 0 fully saturated rings. The van der Waals surface area contributed by atoms with Crippen LogP contribution in [0.2, 0.25) is 26.1 Å². The first-order valence-electron chi connectivity index (χ1n) is 5.69. The molecule has 0 heterocycles. The van der Waals surface area contributed by atoms with E-state index in [9.17, 15) is 0 Å². The Morgan fingerprint density at radius 1 is 1.00 bits per heavy atom. The summed E-state index contributed by atoms with van der Waals surface area (Å²) in [5.41, 5.74) is 0. The van der Waals surface area contributed by atoms with Gasteiger partial charge in [-0.2, -0.15) is 0 Å². The van der Waals surface area contributed by atoms with Crippen molar-refractivity contribution in [2.24, 2.45) is 0 Å². The van der Waals surface area contributed by atoms with Gasteiger partial charge in [0.1, 0.15) is 0 Å². The van der Waals surface area contributed by atoms with Crippen molar-refractivity contribution < 1.29 is 18.9 Å². The Kier molecular flexibility index (Phi) is 1.55. The summed E-state index contributed by atoms with van der Waals surface area (Å²) in [6.07, 6.45) is 7.29. The molecule has 0 aromatic rings. The van der Waals surface area contributed by atoms with Crippen LogP contribution in [0.4, 0.5) is 0 Å². The summed E-state index contributed by atoms with van der Waals surface area (Å²) in [6.45, 7) is 0. The van der Waals surface area contributed by atoms with Crippen LogP contribution in [0.3, 0.4) is 0 Å². The Morgan fingerprint density at radius 3 is 1.73 bits per heavy atom. The minimum absolute atomic E-state index is 0.915. The second kappa shape index (κ2) is 1.76. The molecule has 0 radical (unpaired) electrons. The molecule has 0 amide bonds. The average molecular weight is 250 g/mol. The molecule has 2 nitrogen and oxygen atoms in total. The summed E-state index contributed by atoms with van der Waals surface area (Å²) < 4.78 is 13.6. The molecular weight excluding hydrogens is 224 g/mol. The maximum absolute atomic E-state index is 6.16. The van der Waals surface area contributed by atoms with Gasteiger partial charge in [-0.1, -0.05) is 0 Å². The topological polar surface area (TPSA) is 18.5 Å². The molecule has 0 aromatic carbocycles. The zero-order valence-electron chi connectivity index (χ0n) is 11.3. The van der Waals surface area contributed by atoms with Crippen molar-refractivity contribution in [2.45, 2.75) is 32.6 Å². The van der Waals surface area contributed by atoms with Gasteiger partial charge in [-0.3, -0.25) is 0 Å². The van der Waals surface area contributed by atoms with Crippen LogP contribution in [0.25, 0.3) is 0 Å². The molecule has 0 aromatic heterocycles. The van der Waals surface area contributed by atoms with Crippen LogP contribution in [0, 0.1) is 0 Å². The fourth-order valence-corrected chi connectivity index (χ4v) is 6.65. The van der Waals surface area contributed by atoms with Crippen LogP contribution in [-0.2, 0) is 18.9 Å². The first kappa shape index (κ1) is 13.2. The third-order valence-electron chi connectivity index (χ3n) is 5.05. The van der Waals surface area contributed by atoms with Crippen LogP contribution in [0.15, 0.2) is 22.1 Å². The predicted molar refractivity (Wildman–Crippen MR) is 65.2 cm³/mol. The Labute approximate surface area is 87.8 Å². The molecule has 15 heavy (non-hydrogen) atoms. The number of rotatable bonds is 3. The van der Waals surface area contributed by atoms with Gasteiger partial charge in [0, 0.05) is 0 Å². The summed E-state index contributed by atoms with van der Waals surface area (Å²) in [6, 6.07) is 0. The zero-order chi connectivity index (χ0) is 12.2. The van der Waals surface area contributed by atoms with E-state index in [0.717, 1.165) is 6.42 Å². The van der Waals surface area contributed by atoms with Gasteiger partial charge in [-0.05, 0) is 0 Å². The molecule has 0 bridgehead atoms. The fraction of sp³-hybridized carbons (Fsp3) is 0.667. The van der Waals surface area contributed by atoms with E-state index in [-0.39, 0.29) is 0 Å². The van der Waals surface area contributed by atoms with Gasteiger partial charge in [0.05, 0.1) is 0 Å². The van der Waals surface area contributed by atoms with E-state index < -0.39 is 12.2 Å². The maximum atomic E-state index is 6.16. The number of allylic oxidation sites excluding steroid dienone is 4. The van der Waals surface area contributed by atoms with Crippen LogP contribution in [0.1, 0.15) is 6.42 Å². The number of hydrogen-bond acceptors (Lipinski definition) is 2. The standard InChI is InChI=1S/C5H5.2CH3O.5CH3.Ti/c1-2-4-5-3-1;2*1-2;;;;;;/h1-3H,4H2;2*1H3;5*1H3;/q;2*-1;;;;;;+2. The van der Waals surface area contributed by atoms with E-state index >= 15 is 0 Å². The Morgan fingerprint density at radius 2 is 1.47 bits per heavy atom. The minimum atomic E-state index is -4.86. The van der Waals surface area contributed by atoms with Crippen LogP contribution in [0.5, 0.6) is 0 Å². The SMILES string of the molecule is C[O][Ti]([CH3])([CH3])([CH3])([CH3])([CH3])([O]C)[C]1=CC=CC1. The van der Waals surface area contributed by atoms with Gasteiger partial charge < -0.3 is 0 Å². The molecule has 3 heteroatoms. The van der Waals surface area contributed by atoms with Gasteiger partial charge in [-0.15, -0.1) is 0 Å². The van der Waals surface area contributed by atoms with Crippen LogP contribution >= 0.6 is 0 Å². The van der Waals surface area contributed by atoms with Gasteiger partial charge in [-0.25, -0.2) is 0 Å². The molecular formula is C12H26O2Ti. The quantitative estimate of drug-likeness (QED) is 0.687. The summed E-state index contributed by atoms with van der Waals surface area (Å²) in [5, 5.41) is 10.9. The third kappa shape index (κ3) is 1.68. The van der Waals surface area contributed by atoms with Gasteiger partial charge >= 0.3 is 87.8 Å². The van der Waals surface area contributed by atoms with Crippen molar-refractivity contribution >= 4 is 0 Å². The first-order chi connectivity index (χ1) is 6.20. The van der Waals surface area contributed by atoms with E-state index in [4.69, 9.17) is 6.64 Å². The molecule has 0 aliphatic heterocycles. The monoisotopic (exact) mass is 250 g/mol. The summed E-state index contributed by atoms with van der Waals surface area (Å²) in [7, 11) is 3.53. The molecule has 0 spiro atoms. The second-order valence-electron chi connectivity index (χ2n) is 10.3. The summed E-state index contributed by atoms with van der Waals surface area (Å²) in [4.78, 5) is 0. The molecule has 90 valence electrons. The van der Waals surface area contributed by atoms with Gasteiger partial charge in [0.2, 0.25) is 0 Å². The van der Waals surface area contributed by atoms with Crippen molar-refractivity contribution in [2.75, 3.05) is 14.2 Å². The molecule has 0 atom stereocenters. The molecule has 1 aliphatic rings. The first-order valence-corrected chi connectivity index (χ1v) is 15.6. The Balaban J connectivity index is 3.78. The summed E-state index contributed by atoms with van der Waals surface area (Å²) in [5.74, 6) is 0. The van der Waals surface area contributed by atoms with E-state index in [2.05, 4.69) is 44.4 Å². The van der Waals surface area contributed by atoms with Crippen molar-refractivity contribution in [1.29, 1.82) is 0 Å². The molecule has 0 saturated heterocycles.